The highest BCUT2D eigenvalue weighted by molar-refractivity contribution is 9.10. The maximum absolute atomic E-state index is 12.2. The average molecular weight is 359 g/mol. The quantitative estimate of drug-likeness (QED) is 0.773. The Bertz CT molecular complexity index is 623. The maximum Gasteiger partial charge on any atom is 0.255 e. The first-order chi connectivity index (χ1) is 8.97. The molecule has 0 saturated carbocycles. The summed E-state index contributed by atoms with van der Waals surface area (Å²) in [4.78, 5) is 12.2. The molecule has 2 rings (SSSR count). The topological polar surface area (TPSA) is 29.1 Å². The predicted octanol–water partition coefficient (Wildman–Crippen LogP) is 5.32. The van der Waals surface area contributed by atoms with Gasteiger partial charge in [-0.1, -0.05) is 45.2 Å². The van der Waals surface area contributed by atoms with E-state index in [1.54, 1.807) is 24.3 Å². The summed E-state index contributed by atoms with van der Waals surface area (Å²) in [6.07, 6.45) is 0. The number of benzene rings is 2. The van der Waals surface area contributed by atoms with E-state index in [9.17, 15) is 4.79 Å². The monoisotopic (exact) mass is 357 g/mol. The van der Waals surface area contributed by atoms with Gasteiger partial charge in [0.15, 0.2) is 0 Å². The van der Waals surface area contributed by atoms with Crippen molar-refractivity contribution in [3.05, 3.63) is 62.0 Å². The van der Waals surface area contributed by atoms with Gasteiger partial charge < -0.3 is 5.32 Å². The zero-order chi connectivity index (χ0) is 14.0. The molecule has 5 heteroatoms. The number of anilines is 1. The van der Waals surface area contributed by atoms with Crippen molar-refractivity contribution in [3.63, 3.8) is 0 Å². The average Bonchev–Trinajstić information content (AvgIpc) is 2.31. The van der Waals surface area contributed by atoms with Crippen LogP contribution in [0.15, 0.2) is 40.9 Å². The summed E-state index contributed by atoms with van der Waals surface area (Å²) in [6.45, 7) is 1.88. The first-order valence-corrected chi connectivity index (χ1v) is 7.05. The first-order valence-electron chi connectivity index (χ1n) is 5.50. The number of rotatable bonds is 2. The lowest BCUT2D eigenvalue weighted by Gasteiger charge is -2.09. The van der Waals surface area contributed by atoms with Crippen LogP contribution in [0.2, 0.25) is 10.0 Å². The van der Waals surface area contributed by atoms with Crippen LogP contribution >= 0.6 is 39.1 Å². The molecule has 0 saturated heterocycles. The number of carbonyl (C=O) groups excluding carboxylic acids is 1. The van der Waals surface area contributed by atoms with Crippen molar-refractivity contribution in [2.75, 3.05) is 5.32 Å². The second-order valence-corrected chi connectivity index (χ2v) is 5.75. The Morgan fingerprint density at radius 2 is 1.79 bits per heavy atom. The van der Waals surface area contributed by atoms with E-state index in [2.05, 4.69) is 21.2 Å². The molecule has 0 aliphatic heterocycles. The van der Waals surface area contributed by atoms with Gasteiger partial charge in [0.2, 0.25) is 0 Å². The summed E-state index contributed by atoms with van der Waals surface area (Å²) in [5.41, 5.74) is 2.06. The molecular weight excluding hydrogens is 349 g/mol. The molecule has 98 valence electrons. The van der Waals surface area contributed by atoms with Crippen molar-refractivity contribution in [1.29, 1.82) is 0 Å². The van der Waals surface area contributed by atoms with Gasteiger partial charge in [-0.3, -0.25) is 4.79 Å². The summed E-state index contributed by atoms with van der Waals surface area (Å²) < 4.78 is 0.893. The van der Waals surface area contributed by atoms with Crippen LogP contribution in [0.4, 0.5) is 5.69 Å². The number of hydrogen-bond acceptors (Lipinski definition) is 1. The van der Waals surface area contributed by atoms with E-state index in [0.29, 0.717) is 21.3 Å². The number of hydrogen-bond donors (Lipinski definition) is 1. The zero-order valence-electron chi connectivity index (χ0n) is 10.0. The van der Waals surface area contributed by atoms with Gasteiger partial charge in [0, 0.05) is 25.8 Å². The molecule has 0 heterocycles. The summed E-state index contributed by atoms with van der Waals surface area (Å²) in [5, 5.41) is 3.74. The summed E-state index contributed by atoms with van der Waals surface area (Å²) >= 11 is 15.2. The summed E-state index contributed by atoms with van der Waals surface area (Å²) in [7, 11) is 0. The van der Waals surface area contributed by atoms with Gasteiger partial charge >= 0.3 is 0 Å². The van der Waals surface area contributed by atoms with Gasteiger partial charge in [-0.05, 0) is 42.8 Å². The molecule has 2 nitrogen and oxygen atoms in total. The van der Waals surface area contributed by atoms with E-state index in [-0.39, 0.29) is 5.91 Å². The molecule has 0 spiro atoms. The molecule has 19 heavy (non-hydrogen) atoms. The first kappa shape index (κ1) is 14.4. The Labute approximate surface area is 129 Å². The fourth-order valence-corrected chi connectivity index (χ4v) is 2.57. The molecule has 0 bridgehead atoms. The minimum Gasteiger partial charge on any atom is -0.322 e. The third-order valence-electron chi connectivity index (χ3n) is 2.63. The zero-order valence-corrected chi connectivity index (χ0v) is 13.1. The van der Waals surface area contributed by atoms with Crippen molar-refractivity contribution in [1.82, 2.24) is 0 Å². The fraction of sp³-hybridized carbons (Fsp3) is 0.0714. The second-order valence-electron chi connectivity index (χ2n) is 4.02. The van der Waals surface area contributed by atoms with Crippen LogP contribution in [0.5, 0.6) is 0 Å². The summed E-state index contributed by atoms with van der Waals surface area (Å²) in [5.74, 6) is -0.197. The molecule has 0 aliphatic rings. The Morgan fingerprint density at radius 1 is 1.16 bits per heavy atom. The molecule has 0 aromatic heterocycles. The van der Waals surface area contributed by atoms with E-state index >= 15 is 0 Å². The predicted molar refractivity (Wildman–Crippen MR) is 83.3 cm³/mol. The molecule has 0 atom stereocenters. The maximum atomic E-state index is 12.2. The fourth-order valence-electron chi connectivity index (χ4n) is 1.68. The highest BCUT2D eigenvalue weighted by Crippen LogP contribution is 2.24. The van der Waals surface area contributed by atoms with Gasteiger partial charge in [-0.25, -0.2) is 0 Å². The second kappa shape index (κ2) is 5.95. The smallest absolute Gasteiger partial charge is 0.255 e. The van der Waals surface area contributed by atoms with Crippen molar-refractivity contribution in [2.45, 2.75) is 6.92 Å². The van der Waals surface area contributed by atoms with Crippen LogP contribution in [0, 0.1) is 6.92 Å². The number of halogens is 3. The van der Waals surface area contributed by atoms with Crippen molar-refractivity contribution >= 4 is 50.7 Å². The Kier molecular flexibility index (Phi) is 4.50. The molecule has 0 radical (unpaired) electrons. The highest BCUT2D eigenvalue weighted by Gasteiger charge is 2.11. The molecular formula is C14H10BrCl2NO. The highest BCUT2D eigenvalue weighted by atomic mass is 79.9. The number of amides is 1. The van der Waals surface area contributed by atoms with Crippen LogP contribution in [-0.4, -0.2) is 5.91 Å². The molecule has 1 N–H and O–H groups in total. The SMILES string of the molecule is Cc1c(Br)cccc1C(=O)Nc1cc(Cl)cc(Cl)c1. The van der Waals surface area contributed by atoms with Gasteiger partial charge in [0.05, 0.1) is 0 Å². The summed E-state index contributed by atoms with van der Waals surface area (Å²) in [6, 6.07) is 10.4. The van der Waals surface area contributed by atoms with Crippen LogP contribution < -0.4 is 5.32 Å². The minimum absolute atomic E-state index is 0.197. The minimum atomic E-state index is -0.197. The van der Waals surface area contributed by atoms with E-state index in [0.717, 1.165) is 10.0 Å². The lowest BCUT2D eigenvalue weighted by atomic mass is 10.1. The van der Waals surface area contributed by atoms with Crippen LogP contribution in [0.1, 0.15) is 15.9 Å². The van der Waals surface area contributed by atoms with Gasteiger partial charge in [0.25, 0.3) is 5.91 Å². The van der Waals surface area contributed by atoms with E-state index in [1.165, 1.54) is 0 Å². The molecule has 0 fully saturated rings. The third-order valence-corrected chi connectivity index (χ3v) is 3.93. The molecule has 2 aromatic carbocycles. The number of nitrogens with one attached hydrogen (secondary N) is 1. The largest absolute Gasteiger partial charge is 0.322 e. The van der Waals surface area contributed by atoms with E-state index in [1.807, 2.05) is 19.1 Å². The van der Waals surface area contributed by atoms with E-state index < -0.39 is 0 Å². The molecule has 2 aromatic rings. The number of carbonyl (C=O) groups is 1. The normalized spacial score (nSPS) is 10.3. The van der Waals surface area contributed by atoms with E-state index in [4.69, 9.17) is 23.2 Å². The van der Waals surface area contributed by atoms with Gasteiger partial charge in [-0.15, -0.1) is 0 Å². The standard InChI is InChI=1S/C14H10BrCl2NO/c1-8-12(3-2-4-13(8)15)14(19)18-11-6-9(16)5-10(17)7-11/h2-7H,1H3,(H,18,19). The van der Waals surface area contributed by atoms with Crippen molar-refractivity contribution < 1.29 is 4.79 Å². The van der Waals surface area contributed by atoms with Crippen LogP contribution in [0.25, 0.3) is 0 Å². The lowest BCUT2D eigenvalue weighted by Crippen LogP contribution is -2.13. The Balaban J connectivity index is 2.28. The Morgan fingerprint density at radius 3 is 2.42 bits per heavy atom. The molecule has 0 unspecified atom stereocenters. The molecule has 1 amide bonds. The Hall–Kier alpha value is -1.03. The molecule has 0 aliphatic carbocycles. The van der Waals surface area contributed by atoms with Gasteiger partial charge in [0.1, 0.15) is 0 Å². The third kappa shape index (κ3) is 3.50. The van der Waals surface area contributed by atoms with Crippen LogP contribution in [0.3, 0.4) is 0 Å². The lowest BCUT2D eigenvalue weighted by molar-refractivity contribution is 0.102. The van der Waals surface area contributed by atoms with Crippen molar-refractivity contribution in [2.24, 2.45) is 0 Å². The van der Waals surface area contributed by atoms with Crippen molar-refractivity contribution in [3.8, 4) is 0 Å². The van der Waals surface area contributed by atoms with Crippen LogP contribution in [-0.2, 0) is 0 Å². The van der Waals surface area contributed by atoms with Gasteiger partial charge in [-0.2, -0.15) is 0 Å².